The molecule has 0 saturated carbocycles. The van der Waals surface area contributed by atoms with Gasteiger partial charge in [-0.3, -0.25) is 14.4 Å². The second-order valence-electron chi connectivity index (χ2n) is 12.2. The molecule has 1 heterocycles. The lowest BCUT2D eigenvalue weighted by Crippen LogP contribution is -2.59. The van der Waals surface area contributed by atoms with Crippen LogP contribution in [0.2, 0.25) is 0 Å². The average Bonchev–Trinajstić information content (AvgIpc) is 3.44. The number of nitrogens with zero attached hydrogens (tertiary/aromatic N) is 2. The zero-order chi connectivity index (χ0) is 30.0. The number of benzene rings is 2. The molecule has 3 amide bonds. The number of carbonyl (C=O) groups excluding carboxylic acids is 3. The van der Waals surface area contributed by atoms with Gasteiger partial charge >= 0.3 is 0 Å². The van der Waals surface area contributed by atoms with Crippen molar-refractivity contribution in [2.45, 2.75) is 77.5 Å². The highest BCUT2D eigenvalue weighted by molar-refractivity contribution is 5.90. The second kappa shape index (κ2) is 15.1. The largest absolute Gasteiger partial charge is 0.342 e. The Morgan fingerprint density at radius 1 is 0.951 bits per heavy atom. The summed E-state index contributed by atoms with van der Waals surface area (Å²) in [6.45, 7) is 9.34. The lowest BCUT2D eigenvalue weighted by atomic mass is 9.85. The van der Waals surface area contributed by atoms with E-state index in [-0.39, 0.29) is 29.8 Å². The number of likely N-dealkylation sites (N-methyl/N-ethyl adjacent to an activating group) is 2. The highest BCUT2D eigenvalue weighted by Gasteiger charge is 2.41. The zero-order valence-corrected chi connectivity index (χ0v) is 25.7. The van der Waals surface area contributed by atoms with Gasteiger partial charge in [-0.05, 0) is 63.2 Å². The second-order valence-corrected chi connectivity index (χ2v) is 12.2. The van der Waals surface area contributed by atoms with Gasteiger partial charge in [0.15, 0.2) is 0 Å². The van der Waals surface area contributed by atoms with E-state index in [0.717, 1.165) is 24.8 Å². The number of hydrogen-bond acceptors (Lipinski definition) is 5. The van der Waals surface area contributed by atoms with E-state index < -0.39 is 17.5 Å². The predicted molar refractivity (Wildman–Crippen MR) is 164 cm³/mol. The fourth-order valence-electron chi connectivity index (χ4n) is 5.37. The quantitative estimate of drug-likeness (QED) is 0.349. The smallest absolute Gasteiger partial charge is 0.246 e. The number of rotatable bonds is 13. The van der Waals surface area contributed by atoms with Gasteiger partial charge in [-0.2, -0.15) is 0 Å². The van der Waals surface area contributed by atoms with Gasteiger partial charge < -0.3 is 25.8 Å². The topological polar surface area (TPSA) is 93.8 Å². The summed E-state index contributed by atoms with van der Waals surface area (Å²) in [6, 6.07) is 18.7. The van der Waals surface area contributed by atoms with Crippen molar-refractivity contribution in [2.75, 3.05) is 33.7 Å². The Labute approximate surface area is 246 Å². The van der Waals surface area contributed by atoms with Crippen LogP contribution in [0.3, 0.4) is 0 Å². The number of amides is 3. The van der Waals surface area contributed by atoms with Crippen LogP contribution in [0.15, 0.2) is 60.7 Å². The van der Waals surface area contributed by atoms with Crippen LogP contribution in [0.5, 0.6) is 0 Å². The van der Waals surface area contributed by atoms with E-state index in [0.29, 0.717) is 26.1 Å². The number of hydrogen-bond donors (Lipinski definition) is 3. The minimum absolute atomic E-state index is 0.0371. The first kappa shape index (κ1) is 32.3. The third-order valence-corrected chi connectivity index (χ3v) is 8.07. The monoisotopic (exact) mass is 563 g/mol. The molecule has 0 radical (unpaired) electrons. The number of nitrogens with one attached hydrogen (secondary N) is 3. The summed E-state index contributed by atoms with van der Waals surface area (Å²) in [5.74, 6) is -0.245. The summed E-state index contributed by atoms with van der Waals surface area (Å²) < 4.78 is 0. The molecule has 0 bridgehead atoms. The van der Waals surface area contributed by atoms with Gasteiger partial charge in [0.05, 0.1) is 12.1 Å². The molecule has 1 aliphatic rings. The summed E-state index contributed by atoms with van der Waals surface area (Å²) >= 11 is 0. The molecule has 2 aromatic rings. The summed E-state index contributed by atoms with van der Waals surface area (Å²) in [4.78, 5) is 44.6. The summed E-state index contributed by atoms with van der Waals surface area (Å²) in [5, 5.41) is 9.19. The molecule has 1 aliphatic heterocycles. The van der Waals surface area contributed by atoms with Crippen LogP contribution in [-0.4, -0.2) is 85.4 Å². The minimum atomic E-state index is -0.664. The van der Waals surface area contributed by atoms with Gasteiger partial charge in [0.2, 0.25) is 17.7 Å². The van der Waals surface area contributed by atoms with E-state index in [1.165, 1.54) is 5.56 Å². The molecule has 0 spiro atoms. The molecule has 8 nitrogen and oxygen atoms in total. The Kier molecular flexibility index (Phi) is 11.9. The first-order chi connectivity index (χ1) is 19.5. The maximum absolute atomic E-state index is 14.0. The fourth-order valence-corrected chi connectivity index (χ4v) is 5.37. The molecule has 0 aromatic heterocycles. The Morgan fingerprint density at radius 3 is 2.12 bits per heavy atom. The lowest BCUT2D eigenvalue weighted by molar-refractivity contribution is -0.142. The van der Waals surface area contributed by atoms with E-state index in [2.05, 4.69) is 28.1 Å². The molecule has 3 N–H and O–H groups in total. The van der Waals surface area contributed by atoms with E-state index in [1.807, 2.05) is 86.1 Å². The summed E-state index contributed by atoms with van der Waals surface area (Å²) in [7, 11) is 3.56. The molecule has 0 aliphatic carbocycles. The third kappa shape index (κ3) is 9.13. The standard InChI is InChI=1S/C33H49N5O3/c1-24(34-5)30(39)36-29(33(2,3)4)32(41)38-20-13-18-27(38)23-37(21-19-25-14-9-7-10-15-25)31(40)28(35-6)22-26-16-11-8-12-17-26/h7-12,14-17,24,27-29,34-35H,13,18-23H2,1-6H3,(H,36,39)/t24-,27-,28+,29+/m0/s1. The van der Waals surface area contributed by atoms with E-state index >= 15 is 0 Å². The van der Waals surface area contributed by atoms with Crippen molar-refractivity contribution in [1.29, 1.82) is 0 Å². The maximum Gasteiger partial charge on any atom is 0.246 e. The van der Waals surface area contributed by atoms with Crippen LogP contribution in [0.25, 0.3) is 0 Å². The molecule has 4 atom stereocenters. The van der Waals surface area contributed by atoms with Crippen LogP contribution in [0.4, 0.5) is 0 Å². The number of likely N-dealkylation sites (tertiary alicyclic amines) is 1. The molecule has 41 heavy (non-hydrogen) atoms. The van der Waals surface area contributed by atoms with Gasteiger partial charge in [-0.1, -0.05) is 81.4 Å². The Balaban J connectivity index is 1.82. The highest BCUT2D eigenvalue weighted by atomic mass is 16.2. The van der Waals surface area contributed by atoms with E-state index in [4.69, 9.17) is 0 Å². The van der Waals surface area contributed by atoms with Crippen molar-refractivity contribution in [2.24, 2.45) is 5.41 Å². The Hall–Kier alpha value is -3.23. The molecule has 1 saturated heterocycles. The highest BCUT2D eigenvalue weighted by Crippen LogP contribution is 2.26. The number of carbonyl (C=O) groups is 3. The van der Waals surface area contributed by atoms with Crippen molar-refractivity contribution < 1.29 is 14.4 Å². The van der Waals surface area contributed by atoms with Crippen LogP contribution in [0.1, 0.15) is 51.7 Å². The van der Waals surface area contributed by atoms with Gasteiger partial charge in [0.25, 0.3) is 0 Å². The Bertz CT molecular complexity index is 1120. The molecular formula is C33H49N5O3. The Morgan fingerprint density at radius 2 is 1.56 bits per heavy atom. The molecule has 8 heteroatoms. The van der Waals surface area contributed by atoms with Crippen LogP contribution in [-0.2, 0) is 27.2 Å². The predicted octanol–water partition coefficient (Wildman–Crippen LogP) is 3.02. The van der Waals surface area contributed by atoms with Gasteiger partial charge in [-0.15, -0.1) is 0 Å². The minimum Gasteiger partial charge on any atom is -0.342 e. The zero-order valence-electron chi connectivity index (χ0n) is 25.7. The van der Waals surface area contributed by atoms with E-state index in [9.17, 15) is 14.4 Å². The van der Waals surface area contributed by atoms with Gasteiger partial charge in [-0.25, -0.2) is 0 Å². The molecule has 2 aromatic carbocycles. The van der Waals surface area contributed by atoms with Crippen molar-refractivity contribution in [1.82, 2.24) is 25.8 Å². The summed E-state index contributed by atoms with van der Waals surface area (Å²) in [5.41, 5.74) is 1.80. The molecule has 0 unspecified atom stereocenters. The van der Waals surface area contributed by atoms with Crippen molar-refractivity contribution in [3.05, 3.63) is 71.8 Å². The van der Waals surface area contributed by atoms with Crippen molar-refractivity contribution >= 4 is 17.7 Å². The third-order valence-electron chi connectivity index (χ3n) is 8.07. The fraction of sp³-hybridized carbons (Fsp3) is 0.545. The first-order valence-corrected chi connectivity index (χ1v) is 14.9. The molecule has 3 rings (SSSR count). The lowest BCUT2D eigenvalue weighted by Gasteiger charge is -2.38. The maximum atomic E-state index is 14.0. The molecular weight excluding hydrogens is 514 g/mol. The van der Waals surface area contributed by atoms with E-state index in [1.54, 1.807) is 14.0 Å². The van der Waals surface area contributed by atoms with Crippen molar-refractivity contribution in [3.8, 4) is 0 Å². The van der Waals surface area contributed by atoms with Crippen molar-refractivity contribution in [3.63, 3.8) is 0 Å². The first-order valence-electron chi connectivity index (χ1n) is 14.9. The normalized spacial score (nSPS) is 17.5. The average molecular weight is 564 g/mol. The van der Waals surface area contributed by atoms with Crippen LogP contribution in [0, 0.1) is 5.41 Å². The summed E-state index contributed by atoms with van der Waals surface area (Å²) in [6.07, 6.45) is 3.01. The SMILES string of the molecule is CN[C@@H](C)C(=O)N[C@H](C(=O)N1CCC[C@H]1CN(CCc1ccccc1)C(=O)[C@@H](Cc1ccccc1)NC)C(C)(C)C. The van der Waals surface area contributed by atoms with Crippen LogP contribution < -0.4 is 16.0 Å². The van der Waals surface area contributed by atoms with Gasteiger partial charge in [0.1, 0.15) is 6.04 Å². The molecule has 224 valence electrons. The molecule has 1 fully saturated rings. The van der Waals surface area contributed by atoms with Crippen LogP contribution >= 0.6 is 0 Å². The van der Waals surface area contributed by atoms with Gasteiger partial charge in [0, 0.05) is 25.7 Å².